The minimum Gasteiger partial charge on any atom is -0.423 e. The maximum atomic E-state index is 13.2. The fraction of sp³-hybridized carbons (Fsp3) is 0.222. The predicted molar refractivity (Wildman–Crippen MR) is 79.8 cm³/mol. The highest BCUT2D eigenvalue weighted by molar-refractivity contribution is 5.91. The van der Waals surface area contributed by atoms with E-state index < -0.39 is 11.8 Å². The van der Waals surface area contributed by atoms with E-state index in [9.17, 15) is 14.0 Å². The quantitative estimate of drug-likeness (QED) is 0.492. The summed E-state index contributed by atoms with van der Waals surface area (Å²) in [7, 11) is 0. The number of ether oxygens (including phenoxy) is 1. The monoisotopic (exact) mass is 298 g/mol. The lowest BCUT2D eigenvalue weighted by Crippen LogP contribution is -2.14. The summed E-state index contributed by atoms with van der Waals surface area (Å²) in [5.74, 6) is -0.603. The molecule has 112 valence electrons. The van der Waals surface area contributed by atoms with Gasteiger partial charge >= 0.3 is 5.97 Å². The SMILES string of the molecule is O=Cc1ccc(OC(=O)c2cccc(F)c2)c2c1CCCC2. The van der Waals surface area contributed by atoms with Gasteiger partial charge in [-0.15, -0.1) is 0 Å². The molecule has 0 N–H and O–H groups in total. The molecule has 2 aromatic carbocycles. The first-order chi connectivity index (χ1) is 10.7. The number of benzene rings is 2. The topological polar surface area (TPSA) is 43.4 Å². The molecule has 0 unspecified atom stereocenters. The van der Waals surface area contributed by atoms with Crippen LogP contribution >= 0.6 is 0 Å². The average Bonchev–Trinajstić information content (AvgIpc) is 2.55. The van der Waals surface area contributed by atoms with E-state index in [1.807, 2.05) is 0 Å². The summed E-state index contributed by atoms with van der Waals surface area (Å²) in [6.45, 7) is 0. The van der Waals surface area contributed by atoms with Crippen LogP contribution in [-0.4, -0.2) is 12.3 Å². The van der Waals surface area contributed by atoms with Gasteiger partial charge in [0.05, 0.1) is 5.56 Å². The number of carbonyl (C=O) groups is 2. The number of rotatable bonds is 3. The molecule has 0 radical (unpaired) electrons. The maximum Gasteiger partial charge on any atom is 0.343 e. The zero-order chi connectivity index (χ0) is 15.5. The largest absolute Gasteiger partial charge is 0.423 e. The molecule has 3 rings (SSSR count). The number of hydrogen-bond acceptors (Lipinski definition) is 3. The zero-order valence-corrected chi connectivity index (χ0v) is 12.0. The number of fused-ring (bicyclic) bond motifs is 1. The van der Waals surface area contributed by atoms with E-state index in [-0.39, 0.29) is 5.56 Å². The van der Waals surface area contributed by atoms with Crippen LogP contribution in [0, 0.1) is 5.82 Å². The first kappa shape index (κ1) is 14.4. The summed E-state index contributed by atoms with van der Waals surface area (Å²) in [5, 5.41) is 0. The summed E-state index contributed by atoms with van der Waals surface area (Å²) >= 11 is 0. The average molecular weight is 298 g/mol. The Hall–Kier alpha value is -2.49. The smallest absolute Gasteiger partial charge is 0.343 e. The van der Waals surface area contributed by atoms with Crippen molar-refractivity contribution in [1.82, 2.24) is 0 Å². The Morgan fingerprint density at radius 3 is 2.59 bits per heavy atom. The van der Waals surface area contributed by atoms with Crippen LogP contribution in [0.5, 0.6) is 5.75 Å². The lowest BCUT2D eigenvalue weighted by atomic mass is 9.88. The number of aldehydes is 1. The van der Waals surface area contributed by atoms with Gasteiger partial charge in [-0.25, -0.2) is 9.18 Å². The second kappa shape index (κ2) is 6.10. The van der Waals surface area contributed by atoms with Gasteiger partial charge in [0.2, 0.25) is 0 Å². The summed E-state index contributed by atoms with van der Waals surface area (Å²) in [6, 6.07) is 8.72. The Balaban J connectivity index is 1.92. The summed E-state index contributed by atoms with van der Waals surface area (Å²) in [5.41, 5.74) is 2.70. The van der Waals surface area contributed by atoms with Crippen molar-refractivity contribution in [3.63, 3.8) is 0 Å². The highest BCUT2D eigenvalue weighted by Crippen LogP contribution is 2.32. The first-order valence-corrected chi connectivity index (χ1v) is 7.26. The molecule has 3 nitrogen and oxygen atoms in total. The van der Waals surface area contributed by atoms with Gasteiger partial charge in [-0.05, 0) is 67.1 Å². The normalized spacial score (nSPS) is 13.3. The second-order valence-electron chi connectivity index (χ2n) is 5.33. The Labute approximate surface area is 127 Å². The van der Waals surface area contributed by atoms with Crippen LogP contribution in [0.15, 0.2) is 36.4 Å². The Morgan fingerprint density at radius 2 is 1.86 bits per heavy atom. The molecular formula is C18H15FO3. The molecule has 0 aromatic heterocycles. The van der Waals surface area contributed by atoms with Crippen LogP contribution < -0.4 is 4.74 Å². The van der Waals surface area contributed by atoms with Gasteiger partial charge in [-0.1, -0.05) is 6.07 Å². The molecule has 0 heterocycles. The molecule has 4 heteroatoms. The van der Waals surface area contributed by atoms with Gasteiger partial charge in [0.25, 0.3) is 0 Å². The van der Waals surface area contributed by atoms with Crippen molar-refractivity contribution in [2.45, 2.75) is 25.7 Å². The van der Waals surface area contributed by atoms with Crippen molar-refractivity contribution in [3.8, 4) is 5.75 Å². The summed E-state index contributed by atoms with van der Waals surface area (Å²) in [6.07, 6.45) is 4.45. The fourth-order valence-corrected chi connectivity index (χ4v) is 2.84. The van der Waals surface area contributed by atoms with Gasteiger partial charge in [-0.2, -0.15) is 0 Å². The van der Waals surface area contributed by atoms with Crippen LogP contribution in [0.1, 0.15) is 44.7 Å². The third-order valence-corrected chi connectivity index (χ3v) is 3.92. The van der Waals surface area contributed by atoms with Crippen molar-refractivity contribution < 1.29 is 18.7 Å². The van der Waals surface area contributed by atoms with Crippen molar-refractivity contribution in [3.05, 3.63) is 64.5 Å². The van der Waals surface area contributed by atoms with Gasteiger partial charge in [0, 0.05) is 5.56 Å². The third kappa shape index (κ3) is 2.77. The number of hydrogen-bond donors (Lipinski definition) is 0. The summed E-state index contributed by atoms with van der Waals surface area (Å²) < 4.78 is 18.6. The van der Waals surface area contributed by atoms with Crippen LogP contribution in [0.25, 0.3) is 0 Å². The molecule has 0 amide bonds. The molecule has 0 fully saturated rings. The lowest BCUT2D eigenvalue weighted by Gasteiger charge is -2.20. The van der Waals surface area contributed by atoms with Crippen LogP contribution in [0.3, 0.4) is 0 Å². The first-order valence-electron chi connectivity index (χ1n) is 7.26. The van der Waals surface area contributed by atoms with E-state index in [1.165, 1.54) is 18.2 Å². The molecule has 2 aromatic rings. The molecular weight excluding hydrogens is 283 g/mol. The van der Waals surface area contributed by atoms with Crippen molar-refractivity contribution in [2.24, 2.45) is 0 Å². The fourth-order valence-electron chi connectivity index (χ4n) is 2.84. The van der Waals surface area contributed by atoms with Crippen molar-refractivity contribution in [2.75, 3.05) is 0 Å². The predicted octanol–water partition coefficient (Wildman–Crippen LogP) is 3.74. The molecule has 0 atom stereocenters. The van der Waals surface area contributed by atoms with Gasteiger partial charge < -0.3 is 4.74 Å². The third-order valence-electron chi connectivity index (χ3n) is 3.92. The number of carbonyl (C=O) groups excluding carboxylic acids is 2. The lowest BCUT2D eigenvalue weighted by molar-refractivity contribution is 0.0732. The van der Waals surface area contributed by atoms with Crippen LogP contribution in [0.4, 0.5) is 4.39 Å². The number of halogens is 1. The minimum absolute atomic E-state index is 0.170. The van der Waals surface area contributed by atoms with Gasteiger partial charge in [0.15, 0.2) is 0 Å². The van der Waals surface area contributed by atoms with Crippen LogP contribution in [0.2, 0.25) is 0 Å². The minimum atomic E-state index is -0.592. The van der Waals surface area contributed by atoms with E-state index in [2.05, 4.69) is 0 Å². The van der Waals surface area contributed by atoms with Gasteiger partial charge in [-0.3, -0.25) is 4.79 Å². The highest BCUT2D eigenvalue weighted by Gasteiger charge is 2.20. The molecule has 1 aliphatic carbocycles. The molecule has 22 heavy (non-hydrogen) atoms. The molecule has 0 aliphatic heterocycles. The van der Waals surface area contributed by atoms with Crippen molar-refractivity contribution in [1.29, 1.82) is 0 Å². The molecule has 1 aliphatic rings. The van der Waals surface area contributed by atoms with E-state index >= 15 is 0 Å². The Morgan fingerprint density at radius 1 is 1.09 bits per heavy atom. The molecule has 0 saturated carbocycles. The molecule has 0 spiro atoms. The van der Waals surface area contributed by atoms with Crippen molar-refractivity contribution >= 4 is 12.3 Å². The second-order valence-corrected chi connectivity index (χ2v) is 5.33. The number of esters is 1. The highest BCUT2D eigenvalue weighted by atomic mass is 19.1. The van der Waals surface area contributed by atoms with E-state index in [0.717, 1.165) is 49.2 Å². The Kier molecular flexibility index (Phi) is 4.00. The van der Waals surface area contributed by atoms with E-state index in [1.54, 1.807) is 12.1 Å². The Bertz CT molecular complexity index is 737. The summed E-state index contributed by atoms with van der Waals surface area (Å²) in [4.78, 5) is 23.3. The molecule has 0 bridgehead atoms. The van der Waals surface area contributed by atoms with Gasteiger partial charge in [0.1, 0.15) is 17.9 Å². The molecule has 0 saturated heterocycles. The van der Waals surface area contributed by atoms with Crippen LogP contribution in [-0.2, 0) is 12.8 Å². The standard InChI is InChI=1S/C18H15FO3/c19-14-5-3-4-12(10-14)18(21)22-17-9-8-13(11-20)15-6-1-2-7-16(15)17/h3-5,8-11H,1-2,6-7H2. The zero-order valence-electron chi connectivity index (χ0n) is 12.0. The maximum absolute atomic E-state index is 13.2. The van der Waals surface area contributed by atoms with E-state index in [4.69, 9.17) is 4.74 Å². The van der Waals surface area contributed by atoms with E-state index in [0.29, 0.717) is 11.3 Å².